The molecule has 1 amide bonds. The number of aryl methyl sites for hydroxylation is 2. The van der Waals surface area contributed by atoms with E-state index in [1.807, 2.05) is 50.2 Å². The first-order valence-electron chi connectivity index (χ1n) is 10.8. The first kappa shape index (κ1) is 24.5. The fourth-order valence-corrected chi connectivity index (χ4v) is 4.89. The molecule has 0 saturated carbocycles. The minimum Gasteiger partial charge on any atom is -0.380 e. The zero-order valence-corrected chi connectivity index (χ0v) is 20.1. The lowest BCUT2D eigenvalue weighted by Crippen LogP contribution is -2.35. The minimum absolute atomic E-state index is 0.0365. The Bertz CT molecular complexity index is 1170. The van der Waals surface area contributed by atoms with Gasteiger partial charge in [-0.05, 0) is 49.2 Å². The van der Waals surface area contributed by atoms with E-state index in [2.05, 4.69) is 5.32 Å². The molecular weight excluding hydrogens is 436 g/mol. The second-order valence-electron chi connectivity index (χ2n) is 8.01. The maximum absolute atomic E-state index is 13.4. The summed E-state index contributed by atoms with van der Waals surface area (Å²) in [6, 6.07) is 21.8. The Morgan fingerprint density at radius 2 is 1.52 bits per heavy atom. The highest BCUT2D eigenvalue weighted by Gasteiger charge is 2.25. The molecule has 174 valence electrons. The molecule has 0 spiro atoms. The molecule has 6 nitrogen and oxygen atoms in total. The van der Waals surface area contributed by atoms with E-state index in [4.69, 9.17) is 4.74 Å². The van der Waals surface area contributed by atoms with Gasteiger partial charge in [0, 0.05) is 26.6 Å². The zero-order valence-electron chi connectivity index (χ0n) is 19.2. The Morgan fingerprint density at radius 3 is 2.15 bits per heavy atom. The van der Waals surface area contributed by atoms with Crippen molar-refractivity contribution >= 4 is 21.6 Å². The molecule has 0 radical (unpaired) electrons. The van der Waals surface area contributed by atoms with Gasteiger partial charge in [0.2, 0.25) is 5.91 Å². The molecule has 0 bridgehead atoms. The van der Waals surface area contributed by atoms with Crippen LogP contribution in [0.2, 0.25) is 0 Å². The quantitative estimate of drug-likeness (QED) is 0.482. The molecule has 0 unspecified atom stereocenters. The first-order chi connectivity index (χ1) is 15.8. The summed E-state index contributed by atoms with van der Waals surface area (Å²) in [4.78, 5) is 12.8. The monoisotopic (exact) mass is 466 g/mol. The van der Waals surface area contributed by atoms with Gasteiger partial charge in [-0.1, -0.05) is 59.7 Å². The van der Waals surface area contributed by atoms with Crippen molar-refractivity contribution in [2.75, 3.05) is 18.0 Å². The third kappa shape index (κ3) is 6.66. The van der Waals surface area contributed by atoms with E-state index in [-0.39, 0.29) is 23.8 Å². The van der Waals surface area contributed by atoms with E-state index >= 15 is 0 Å². The number of methoxy groups -OCH3 is 1. The fraction of sp³-hybridized carbons (Fsp3) is 0.269. The largest absolute Gasteiger partial charge is 0.380 e. The number of anilines is 1. The summed E-state index contributed by atoms with van der Waals surface area (Å²) in [7, 11) is -2.18. The van der Waals surface area contributed by atoms with E-state index in [1.54, 1.807) is 43.5 Å². The summed E-state index contributed by atoms with van der Waals surface area (Å²) >= 11 is 0. The molecule has 0 atom stereocenters. The number of nitrogens with one attached hydrogen (secondary N) is 1. The number of rotatable bonds is 10. The molecule has 0 aliphatic rings. The van der Waals surface area contributed by atoms with Crippen molar-refractivity contribution in [2.45, 2.75) is 38.3 Å². The van der Waals surface area contributed by atoms with Crippen LogP contribution in [0.25, 0.3) is 0 Å². The van der Waals surface area contributed by atoms with E-state index in [0.717, 1.165) is 22.3 Å². The molecular formula is C26H30N2O4S. The summed E-state index contributed by atoms with van der Waals surface area (Å²) in [6.45, 7) is 4.76. The Kier molecular flexibility index (Phi) is 8.25. The van der Waals surface area contributed by atoms with Crippen molar-refractivity contribution in [1.29, 1.82) is 0 Å². The van der Waals surface area contributed by atoms with Gasteiger partial charge in [0.05, 0.1) is 17.2 Å². The van der Waals surface area contributed by atoms with Gasteiger partial charge in [-0.25, -0.2) is 8.42 Å². The molecule has 0 aromatic heterocycles. The number of ether oxygens (including phenoxy) is 1. The van der Waals surface area contributed by atoms with E-state index in [9.17, 15) is 13.2 Å². The van der Waals surface area contributed by atoms with Crippen LogP contribution in [0.15, 0.2) is 77.7 Å². The van der Waals surface area contributed by atoms with E-state index < -0.39 is 10.0 Å². The van der Waals surface area contributed by atoms with Gasteiger partial charge < -0.3 is 10.1 Å². The second-order valence-corrected chi connectivity index (χ2v) is 9.87. The molecule has 3 aromatic carbocycles. The Balaban J connectivity index is 1.72. The molecule has 0 aliphatic carbocycles. The van der Waals surface area contributed by atoms with Gasteiger partial charge in [0.1, 0.15) is 0 Å². The van der Waals surface area contributed by atoms with Gasteiger partial charge in [-0.2, -0.15) is 0 Å². The summed E-state index contributed by atoms with van der Waals surface area (Å²) in [5, 5.41) is 2.88. The van der Waals surface area contributed by atoms with Gasteiger partial charge in [-0.3, -0.25) is 9.10 Å². The Labute approximate surface area is 196 Å². The number of hydrogen-bond acceptors (Lipinski definition) is 4. The SMILES string of the molecule is COCc1cccc(CNC(=O)CCN(c2ccc(C)cc2)S(=O)(=O)c2ccc(C)cc2)c1. The third-order valence-corrected chi connectivity index (χ3v) is 7.11. The Morgan fingerprint density at radius 1 is 0.909 bits per heavy atom. The first-order valence-corrected chi connectivity index (χ1v) is 12.2. The number of carbonyl (C=O) groups excluding carboxylic acids is 1. The number of sulfonamides is 1. The van der Waals surface area contributed by atoms with Gasteiger partial charge in [0.25, 0.3) is 10.0 Å². The van der Waals surface area contributed by atoms with E-state index in [0.29, 0.717) is 18.8 Å². The molecule has 0 saturated heterocycles. The van der Waals surface area contributed by atoms with Crippen LogP contribution >= 0.6 is 0 Å². The summed E-state index contributed by atoms with van der Waals surface area (Å²) in [5.74, 6) is -0.219. The zero-order chi connectivity index (χ0) is 23.8. The van der Waals surface area contributed by atoms with Crippen LogP contribution in [0.1, 0.15) is 28.7 Å². The highest BCUT2D eigenvalue weighted by molar-refractivity contribution is 7.92. The van der Waals surface area contributed by atoms with Crippen LogP contribution in [-0.2, 0) is 32.7 Å². The average molecular weight is 467 g/mol. The number of hydrogen-bond donors (Lipinski definition) is 1. The van der Waals surface area contributed by atoms with Crippen molar-refractivity contribution < 1.29 is 17.9 Å². The normalized spacial score (nSPS) is 11.2. The number of carbonyl (C=O) groups is 1. The predicted molar refractivity (Wildman–Crippen MR) is 131 cm³/mol. The van der Waals surface area contributed by atoms with E-state index in [1.165, 1.54) is 4.31 Å². The number of nitrogens with zero attached hydrogens (tertiary/aromatic N) is 1. The molecule has 0 aliphatic heterocycles. The molecule has 7 heteroatoms. The maximum Gasteiger partial charge on any atom is 0.264 e. The third-order valence-electron chi connectivity index (χ3n) is 5.26. The topological polar surface area (TPSA) is 75.7 Å². The number of amides is 1. The van der Waals surface area contributed by atoms with Crippen molar-refractivity contribution in [3.8, 4) is 0 Å². The lowest BCUT2D eigenvalue weighted by atomic mass is 10.1. The van der Waals surface area contributed by atoms with Crippen molar-refractivity contribution in [3.05, 3.63) is 95.1 Å². The molecule has 0 fully saturated rings. The minimum atomic E-state index is -3.82. The van der Waals surface area contributed by atoms with Crippen LogP contribution in [0, 0.1) is 13.8 Å². The van der Waals surface area contributed by atoms with Gasteiger partial charge in [0.15, 0.2) is 0 Å². The summed E-state index contributed by atoms with van der Waals surface area (Å²) in [5.41, 5.74) is 4.52. The highest BCUT2D eigenvalue weighted by atomic mass is 32.2. The lowest BCUT2D eigenvalue weighted by Gasteiger charge is -2.24. The fourth-order valence-electron chi connectivity index (χ4n) is 3.42. The smallest absolute Gasteiger partial charge is 0.264 e. The van der Waals surface area contributed by atoms with Crippen molar-refractivity contribution in [1.82, 2.24) is 5.32 Å². The number of benzene rings is 3. The average Bonchev–Trinajstić information content (AvgIpc) is 2.80. The second kappa shape index (κ2) is 11.1. The van der Waals surface area contributed by atoms with Gasteiger partial charge in [-0.15, -0.1) is 0 Å². The standard InChI is InChI=1S/C26H30N2O4S/c1-20-7-11-24(12-8-20)28(33(30,31)25-13-9-21(2)10-14-25)16-15-26(29)27-18-22-5-4-6-23(17-22)19-32-3/h4-14,17H,15-16,18-19H2,1-3H3,(H,27,29). The molecule has 3 aromatic rings. The van der Waals surface area contributed by atoms with Gasteiger partial charge >= 0.3 is 0 Å². The molecule has 33 heavy (non-hydrogen) atoms. The van der Waals surface area contributed by atoms with Crippen molar-refractivity contribution in [2.24, 2.45) is 0 Å². The molecule has 3 rings (SSSR count). The van der Waals surface area contributed by atoms with Crippen LogP contribution in [0.3, 0.4) is 0 Å². The van der Waals surface area contributed by atoms with Crippen LogP contribution in [0.5, 0.6) is 0 Å². The summed E-state index contributed by atoms with van der Waals surface area (Å²) in [6.07, 6.45) is 0.0384. The summed E-state index contributed by atoms with van der Waals surface area (Å²) < 4.78 is 33.3. The highest BCUT2D eigenvalue weighted by Crippen LogP contribution is 2.24. The maximum atomic E-state index is 13.4. The van der Waals surface area contributed by atoms with Crippen LogP contribution in [0.4, 0.5) is 5.69 Å². The van der Waals surface area contributed by atoms with Crippen LogP contribution in [-0.4, -0.2) is 28.0 Å². The predicted octanol–water partition coefficient (Wildman–Crippen LogP) is 4.35. The lowest BCUT2D eigenvalue weighted by molar-refractivity contribution is -0.121. The Hall–Kier alpha value is -3.16. The van der Waals surface area contributed by atoms with Crippen LogP contribution < -0.4 is 9.62 Å². The molecule has 0 heterocycles. The van der Waals surface area contributed by atoms with Crippen molar-refractivity contribution in [3.63, 3.8) is 0 Å². The molecule has 1 N–H and O–H groups in total.